The number of carbonyl (C=O) groups excluding carboxylic acids is 2. The Morgan fingerprint density at radius 2 is 1.69 bits per heavy atom. The smallest absolute Gasteiger partial charge is 0.319 e. The maximum Gasteiger partial charge on any atom is 0.319 e. The van der Waals surface area contributed by atoms with Gasteiger partial charge in [0.2, 0.25) is 5.91 Å². The second kappa shape index (κ2) is 9.37. The minimum atomic E-state index is -0.490. The van der Waals surface area contributed by atoms with E-state index in [-0.39, 0.29) is 23.9 Å². The molecule has 2 aliphatic rings. The van der Waals surface area contributed by atoms with E-state index in [1.54, 1.807) is 0 Å². The zero-order chi connectivity index (χ0) is 18.4. The summed E-state index contributed by atoms with van der Waals surface area (Å²) < 4.78 is 6.29. The highest BCUT2D eigenvalue weighted by molar-refractivity contribution is 9.10. The molecule has 1 atom stereocenters. The van der Waals surface area contributed by atoms with Crippen molar-refractivity contribution < 1.29 is 14.3 Å². The Morgan fingerprint density at radius 3 is 2.35 bits per heavy atom. The van der Waals surface area contributed by atoms with Gasteiger partial charge >= 0.3 is 6.03 Å². The number of benzene rings is 1. The van der Waals surface area contributed by atoms with Crippen LogP contribution in [0.3, 0.4) is 0 Å². The molecule has 1 saturated carbocycles. The van der Waals surface area contributed by atoms with Crippen molar-refractivity contribution in [2.75, 3.05) is 18.5 Å². The minimum absolute atomic E-state index is 0.0743. The fraction of sp³-hybridized carbons (Fsp3) is 0.579. The van der Waals surface area contributed by atoms with E-state index in [1.165, 1.54) is 0 Å². The summed E-state index contributed by atoms with van der Waals surface area (Å²) in [5, 5.41) is 8.82. The van der Waals surface area contributed by atoms with Gasteiger partial charge in [-0.1, -0.05) is 28.8 Å². The lowest BCUT2D eigenvalue weighted by Crippen LogP contribution is -2.54. The SMILES string of the molecule is O=C(Nc1ccc(Br)cc1)NC(C(=O)NC1CCOCC1)C1CCCC1. The van der Waals surface area contributed by atoms with E-state index < -0.39 is 6.04 Å². The van der Waals surface area contributed by atoms with Crippen LogP contribution in [0.4, 0.5) is 10.5 Å². The summed E-state index contributed by atoms with van der Waals surface area (Å²) in [5.41, 5.74) is 0.695. The van der Waals surface area contributed by atoms with Crippen LogP contribution >= 0.6 is 15.9 Å². The molecule has 26 heavy (non-hydrogen) atoms. The Hall–Kier alpha value is -1.60. The molecule has 1 heterocycles. The van der Waals surface area contributed by atoms with E-state index in [1.807, 2.05) is 24.3 Å². The molecule has 1 aromatic carbocycles. The van der Waals surface area contributed by atoms with E-state index in [4.69, 9.17) is 4.74 Å². The van der Waals surface area contributed by atoms with Crippen LogP contribution in [-0.2, 0) is 9.53 Å². The number of carbonyl (C=O) groups is 2. The minimum Gasteiger partial charge on any atom is -0.381 e. The van der Waals surface area contributed by atoms with Gasteiger partial charge in [0.05, 0.1) is 0 Å². The molecule has 1 unspecified atom stereocenters. The van der Waals surface area contributed by atoms with Crippen molar-refractivity contribution in [3.8, 4) is 0 Å². The average molecular weight is 424 g/mol. The van der Waals surface area contributed by atoms with Gasteiger partial charge in [-0.2, -0.15) is 0 Å². The van der Waals surface area contributed by atoms with Crippen molar-refractivity contribution in [3.05, 3.63) is 28.7 Å². The standard InChI is InChI=1S/C19H26BrN3O3/c20-14-5-7-15(8-6-14)22-19(25)23-17(13-3-1-2-4-13)18(24)21-16-9-11-26-12-10-16/h5-8,13,16-17H,1-4,9-12H2,(H,21,24)(H2,22,23,25). The van der Waals surface area contributed by atoms with Crippen LogP contribution in [0.5, 0.6) is 0 Å². The molecule has 3 N–H and O–H groups in total. The van der Waals surface area contributed by atoms with Crippen molar-refractivity contribution in [2.45, 2.75) is 50.6 Å². The second-order valence-electron chi connectivity index (χ2n) is 7.02. The Kier molecular flexibility index (Phi) is 6.91. The molecular formula is C19H26BrN3O3. The quantitative estimate of drug-likeness (QED) is 0.678. The van der Waals surface area contributed by atoms with Crippen molar-refractivity contribution in [1.82, 2.24) is 10.6 Å². The molecule has 3 amide bonds. The number of halogens is 1. The van der Waals surface area contributed by atoms with Crippen molar-refractivity contribution in [3.63, 3.8) is 0 Å². The number of nitrogens with one attached hydrogen (secondary N) is 3. The first kappa shape index (κ1) is 19.2. The van der Waals surface area contributed by atoms with Gasteiger partial charge in [-0.25, -0.2) is 4.79 Å². The monoisotopic (exact) mass is 423 g/mol. The lowest BCUT2D eigenvalue weighted by atomic mass is 9.96. The van der Waals surface area contributed by atoms with Crippen LogP contribution in [0.1, 0.15) is 38.5 Å². The number of hydrogen-bond donors (Lipinski definition) is 3. The average Bonchev–Trinajstić information content (AvgIpc) is 3.17. The molecule has 142 valence electrons. The van der Waals surface area contributed by atoms with Crippen LogP contribution < -0.4 is 16.0 Å². The lowest BCUT2D eigenvalue weighted by Gasteiger charge is -2.28. The molecule has 0 spiro atoms. The maximum atomic E-state index is 12.8. The van der Waals surface area contributed by atoms with Crippen LogP contribution in [0.2, 0.25) is 0 Å². The van der Waals surface area contributed by atoms with Gasteiger partial charge in [0.25, 0.3) is 0 Å². The maximum absolute atomic E-state index is 12.8. The number of ether oxygens (including phenoxy) is 1. The van der Waals surface area contributed by atoms with E-state index in [0.29, 0.717) is 18.9 Å². The summed E-state index contributed by atoms with van der Waals surface area (Å²) >= 11 is 3.37. The number of urea groups is 1. The Balaban J connectivity index is 1.60. The molecule has 1 aromatic rings. The van der Waals surface area contributed by atoms with Gasteiger partial charge in [0.1, 0.15) is 6.04 Å². The van der Waals surface area contributed by atoms with Crippen LogP contribution in [0, 0.1) is 5.92 Å². The number of rotatable bonds is 5. The first-order valence-electron chi connectivity index (χ1n) is 9.33. The predicted octanol–water partition coefficient (Wildman–Crippen LogP) is 3.42. The Bertz CT molecular complexity index is 611. The number of anilines is 1. The summed E-state index contributed by atoms with van der Waals surface area (Å²) in [6.07, 6.45) is 5.83. The fourth-order valence-corrected chi connectivity index (χ4v) is 3.93. The van der Waals surface area contributed by atoms with Gasteiger partial charge in [-0.3, -0.25) is 4.79 Å². The lowest BCUT2D eigenvalue weighted by molar-refractivity contribution is -0.125. The van der Waals surface area contributed by atoms with Gasteiger partial charge in [-0.05, 0) is 55.9 Å². The van der Waals surface area contributed by atoms with Gasteiger partial charge < -0.3 is 20.7 Å². The Labute approximate surface area is 162 Å². The zero-order valence-electron chi connectivity index (χ0n) is 14.8. The Morgan fingerprint density at radius 1 is 1.04 bits per heavy atom. The fourth-order valence-electron chi connectivity index (χ4n) is 3.66. The first-order valence-corrected chi connectivity index (χ1v) is 10.1. The van der Waals surface area contributed by atoms with Gasteiger partial charge in [0, 0.05) is 29.4 Å². The van der Waals surface area contributed by atoms with Gasteiger partial charge in [0.15, 0.2) is 0 Å². The number of amides is 3. The summed E-state index contributed by atoms with van der Waals surface area (Å²) in [5.74, 6) is 0.125. The third-order valence-corrected chi connectivity index (χ3v) is 5.64. The molecule has 0 radical (unpaired) electrons. The molecule has 0 bridgehead atoms. The summed E-state index contributed by atoms with van der Waals surface area (Å²) in [6, 6.07) is 6.66. The number of hydrogen-bond acceptors (Lipinski definition) is 3. The molecule has 7 heteroatoms. The van der Waals surface area contributed by atoms with Crippen LogP contribution in [0.25, 0.3) is 0 Å². The van der Waals surface area contributed by atoms with Crippen molar-refractivity contribution in [1.29, 1.82) is 0 Å². The zero-order valence-corrected chi connectivity index (χ0v) is 16.4. The molecule has 1 aliphatic heterocycles. The van der Waals surface area contributed by atoms with Crippen LogP contribution in [-0.4, -0.2) is 37.2 Å². The van der Waals surface area contributed by atoms with Crippen molar-refractivity contribution >= 4 is 33.6 Å². The molecule has 1 saturated heterocycles. The highest BCUT2D eigenvalue weighted by Crippen LogP contribution is 2.28. The largest absolute Gasteiger partial charge is 0.381 e. The normalized spacial score (nSPS) is 19.7. The third-order valence-electron chi connectivity index (χ3n) is 5.11. The second-order valence-corrected chi connectivity index (χ2v) is 7.94. The molecule has 0 aromatic heterocycles. The predicted molar refractivity (Wildman–Crippen MR) is 104 cm³/mol. The molecule has 3 rings (SSSR count). The van der Waals surface area contributed by atoms with Gasteiger partial charge in [-0.15, -0.1) is 0 Å². The van der Waals surface area contributed by atoms with E-state index in [2.05, 4.69) is 31.9 Å². The molecular weight excluding hydrogens is 398 g/mol. The first-order chi connectivity index (χ1) is 12.6. The summed E-state index contributed by atoms with van der Waals surface area (Å²) in [4.78, 5) is 25.3. The van der Waals surface area contributed by atoms with E-state index in [0.717, 1.165) is 43.0 Å². The van der Waals surface area contributed by atoms with E-state index >= 15 is 0 Å². The molecule has 6 nitrogen and oxygen atoms in total. The van der Waals surface area contributed by atoms with E-state index in [9.17, 15) is 9.59 Å². The highest BCUT2D eigenvalue weighted by Gasteiger charge is 2.33. The van der Waals surface area contributed by atoms with Crippen molar-refractivity contribution in [2.24, 2.45) is 5.92 Å². The summed E-state index contributed by atoms with van der Waals surface area (Å²) in [6.45, 7) is 1.35. The highest BCUT2D eigenvalue weighted by atomic mass is 79.9. The molecule has 2 fully saturated rings. The topological polar surface area (TPSA) is 79.5 Å². The summed E-state index contributed by atoms with van der Waals surface area (Å²) in [7, 11) is 0. The third kappa shape index (κ3) is 5.45. The van der Waals surface area contributed by atoms with Crippen LogP contribution in [0.15, 0.2) is 28.7 Å². The molecule has 1 aliphatic carbocycles.